The van der Waals surface area contributed by atoms with Crippen molar-refractivity contribution in [3.8, 4) is 0 Å². The molecule has 1 N–H and O–H groups in total. The van der Waals surface area contributed by atoms with Crippen molar-refractivity contribution < 1.29 is 24.2 Å². The standard InChI is InChI=1S/C27H42O5/c1-16-11-18-20-8-7-19(17(2)28)24(20,5)12-21(29)22(18)25(6)9-10-26(13-27(16,25)30)31-14-23(3,4)15-32-26/h16,18-20,22,30H,7-15H2,1-6H3/t16-,18+,19-,20+,22-,24-,25-,27-/m1/s1. The van der Waals surface area contributed by atoms with E-state index in [0.29, 0.717) is 32.0 Å². The van der Waals surface area contributed by atoms with Gasteiger partial charge in [0.15, 0.2) is 5.79 Å². The minimum Gasteiger partial charge on any atom is -0.389 e. The molecule has 8 atom stereocenters. The van der Waals surface area contributed by atoms with E-state index in [0.717, 1.165) is 32.1 Å². The number of Topliss-reactive ketones (excluding diaryl/α,β-unsaturated/α-hetero) is 2. The van der Waals surface area contributed by atoms with Gasteiger partial charge in [-0.3, -0.25) is 9.59 Å². The topological polar surface area (TPSA) is 72.8 Å². The van der Waals surface area contributed by atoms with Gasteiger partial charge in [0.1, 0.15) is 11.6 Å². The van der Waals surface area contributed by atoms with Crippen LogP contribution < -0.4 is 0 Å². The van der Waals surface area contributed by atoms with E-state index >= 15 is 0 Å². The molecule has 1 aliphatic heterocycles. The predicted molar refractivity (Wildman–Crippen MR) is 121 cm³/mol. The monoisotopic (exact) mass is 446 g/mol. The Kier molecular flexibility index (Phi) is 4.94. The highest BCUT2D eigenvalue weighted by atomic mass is 16.7. The van der Waals surface area contributed by atoms with Gasteiger partial charge in [0.05, 0.1) is 18.8 Å². The molecule has 1 spiro atoms. The molecule has 5 fully saturated rings. The second-order valence-corrected chi connectivity index (χ2v) is 13.4. The molecule has 5 heteroatoms. The zero-order chi connectivity index (χ0) is 23.3. The Balaban J connectivity index is 1.48. The van der Waals surface area contributed by atoms with Gasteiger partial charge in [-0.05, 0) is 55.8 Å². The van der Waals surface area contributed by atoms with Crippen molar-refractivity contribution in [2.45, 2.75) is 97.9 Å². The molecule has 1 saturated heterocycles. The Morgan fingerprint density at radius 2 is 1.72 bits per heavy atom. The lowest BCUT2D eigenvalue weighted by molar-refractivity contribution is -0.358. The van der Waals surface area contributed by atoms with Gasteiger partial charge in [0.2, 0.25) is 0 Å². The van der Waals surface area contributed by atoms with Crippen LogP contribution in [0, 0.1) is 45.8 Å². The van der Waals surface area contributed by atoms with Crippen LogP contribution in [0.25, 0.3) is 0 Å². The number of carbonyl (C=O) groups is 2. The van der Waals surface area contributed by atoms with E-state index in [4.69, 9.17) is 9.47 Å². The van der Waals surface area contributed by atoms with Crippen LogP contribution in [-0.2, 0) is 19.1 Å². The van der Waals surface area contributed by atoms with Gasteiger partial charge < -0.3 is 14.6 Å². The fourth-order valence-electron chi connectivity index (χ4n) is 9.09. The quantitative estimate of drug-likeness (QED) is 0.640. The summed E-state index contributed by atoms with van der Waals surface area (Å²) in [5.74, 6) is 0.352. The van der Waals surface area contributed by atoms with Crippen molar-refractivity contribution >= 4 is 11.6 Å². The molecule has 5 aliphatic rings. The van der Waals surface area contributed by atoms with Gasteiger partial charge in [-0.2, -0.15) is 0 Å². The molecule has 4 saturated carbocycles. The molecule has 1 heterocycles. The highest BCUT2D eigenvalue weighted by Gasteiger charge is 2.71. The van der Waals surface area contributed by atoms with Crippen molar-refractivity contribution in [1.29, 1.82) is 0 Å². The van der Waals surface area contributed by atoms with Crippen LogP contribution in [0.15, 0.2) is 0 Å². The highest BCUT2D eigenvalue weighted by Crippen LogP contribution is 2.69. The van der Waals surface area contributed by atoms with E-state index in [9.17, 15) is 14.7 Å². The normalized spacial score (nSPS) is 51.6. The van der Waals surface area contributed by atoms with Crippen molar-refractivity contribution in [2.24, 2.45) is 45.8 Å². The number of fused-ring (bicyclic) bond motifs is 5. The molecule has 0 aromatic carbocycles. The van der Waals surface area contributed by atoms with E-state index in [1.54, 1.807) is 6.92 Å². The molecule has 0 amide bonds. The average Bonchev–Trinajstić information content (AvgIpc) is 3.04. The zero-order valence-electron chi connectivity index (χ0n) is 20.8. The fraction of sp³-hybridized carbons (Fsp3) is 0.926. The number of ether oxygens (including phenoxy) is 2. The molecule has 5 rings (SSSR count). The summed E-state index contributed by atoms with van der Waals surface area (Å²) in [5, 5.41) is 12.3. The third-order valence-corrected chi connectivity index (χ3v) is 10.9. The first-order valence-electron chi connectivity index (χ1n) is 12.8. The first-order valence-corrected chi connectivity index (χ1v) is 12.8. The Morgan fingerprint density at radius 3 is 2.34 bits per heavy atom. The van der Waals surface area contributed by atoms with Crippen LogP contribution in [0.3, 0.4) is 0 Å². The van der Waals surface area contributed by atoms with Crippen LogP contribution in [0.2, 0.25) is 0 Å². The molecule has 32 heavy (non-hydrogen) atoms. The fourth-order valence-corrected chi connectivity index (χ4v) is 9.09. The maximum atomic E-state index is 13.8. The van der Waals surface area contributed by atoms with E-state index in [1.165, 1.54) is 0 Å². The first kappa shape index (κ1) is 23.0. The van der Waals surface area contributed by atoms with Crippen molar-refractivity contribution in [3.63, 3.8) is 0 Å². The lowest BCUT2D eigenvalue weighted by Crippen LogP contribution is -2.71. The predicted octanol–water partition coefficient (Wildman–Crippen LogP) is 4.54. The minimum absolute atomic E-state index is 0.00309. The van der Waals surface area contributed by atoms with Crippen molar-refractivity contribution in [1.82, 2.24) is 0 Å². The number of hydrogen-bond acceptors (Lipinski definition) is 5. The van der Waals surface area contributed by atoms with E-state index in [-0.39, 0.29) is 46.1 Å². The van der Waals surface area contributed by atoms with E-state index in [2.05, 4.69) is 34.6 Å². The number of rotatable bonds is 1. The molecule has 5 nitrogen and oxygen atoms in total. The summed E-state index contributed by atoms with van der Waals surface area (Å²) in [6.45, 7) is 13.8. The lowest BCUT2D eigenvalue weighted by atomic mass is 9.40. The van der Waals surface area contributed by atoms with Crippen LogP contribution in [0.5, 0.6) is 0 Å². The van der Waals surface area contributed by atoms with E-state index in [1.807, 2.05) is 0 Å². The summed E-state index contributed by atoms with van der Waals surface area (Å²) in [6, 6.07) is 0. The highest BCUT2D eigenvalue weighted by molar-refractivity contribution is 5.87. The molecule has 0 aromatic rings. The van der Waals surface area contributed by atoms with Gasteiger partial charge >= 0.3 is 0 Å². The summed E-state index contributed by atoms with van der Waals surface area (Å²) in [4.78, 5) is 26.2. The summed E-state index contributed by atoms with van der Waals surface area (Å²) < 4.78 is 12.6. The Morgan fingerprint density at radius 1 is 1.06 bits per heavy atom. The maximum Gasteiger partial charge on any atom is 0.171 e. The molecule has 0 bridgehead atoms. The molecule has 0 unspecified atom stereocenters. The Hall–Kier alpha value is -0.780. The third-order valence-electron chi connectivity index (χ3n) is 10.9. The molecule has 0 aromatic heterocycles. The third kappa shape index (κ3) is 2.92. The second-order valence-electron chi connectivity index (χ2n) is 13.4. The summed E-state index contributed by atoms with van der Waals surface area (Å²) >= 11 is 0. The number of ketones is 2. The molecular formula is C27H42O5. The van der Waals surface area contributed by atoms with Gasteiger partial charge in [-0.25, -0.2) is 0 Å². The average molecular weight is 447 g/mol. The first-order chi connectivity index (χ1) is 14.8. The van der Waals surface area contributed by atoms with Crippen molar-refractivity contribution in [2.75, 3.05) is 13.2 Å². The molecule has 0 radical (unpaired) electrons. The van der Waals surface area contributed by atoms with Crippen LogP contribution in [0.4, 0.5) is 0 Å². The SMILES string of the molecule is CC(=O)[C@H]1CC[C@H]2[C@@H]3C[C@@H](C)[C@]4(O)CC5(CC[C@]4(C)[C@H]3C(=O)C[C@]12C)OCC(C)(C)CO5. The minimum atomic E-state index is -0.990. The van der Waals surface area contributed by atoms with Gasteiger partial charge in [0, 0.05) is 41.9 Å². The van der Waals surface area contributed by atoms with Crippen molar-refractivity contribution in [3.05, 3.63) is 0 Å². The molecular weight excluding hydrogens is 404 g/mol. The van der Waals surface area contributed by atoms with Crippen LogP contribution >= 0.6 is 0 Å². The maximum absolute atomic E-state index is 13.8. The van der Waals surface area contributed by atoms with Crippen LogP contribution in [-0.4, -0.2) is 41.3 Å². The zero-order valence-corrected chi connectivity index (χ0v) is 20.8. The second kappa shape index (κ2) is 6.88. The van der Waals surface area contributed by atoms with Crippen LogP contribution in [0.1, 0.15) is 86.5 Å². The summed E-state index contributed by atoms with van der Waals surface area (Å²) in [7, 11) is 0. The molecule has 180 valence electrons. The Labute approximate surface area is 193 Å². The number of hydrogen-bond donors (Lipinski definition) is 1. The lowest BCUT2D eigenvalue weighted by Gasteiger charge is -2.67. The van der Waals surface area contributed by atoms with Gasteiger partial charge in [-0.15, -0.1) is 0 Å². The summed E-state index contributed by atoms with van der Waals surface area (Å²) in [5.41, 5.74) is -1.70. The largest absolute Gasteiger partial charge is 0.389 e. The number of aliphatic hydroxyl groups is 1. The summed E-state index contributed by atoms with van der Waals surface area (Å²) in [6.07, 6.45) is 5.17. The smallest absolute Gasteiger partial charge is 0.171 e. The molecule has 4 aliphatic carbocycles. The van der Waals surface area contributed by atoms with Gasteiger partial charge in [0.25, 0.3) is 0 Å². The number of carbonyl (C=O) groups excluding carboxylic acids is 2. The van der Waals surface area contributed by atoms with Gasteiger partial charge in [-0.1, -0.05) is 34.6 Å². The van der Waals surface area contributed by atoms with E-state index < -0.39 is 16.8 Å². The Bertz CT molecular complexity index is 824.